The van der Waals surface area contributed by atoms with Gasteiger partial charge < -0.3 is 14.6 Å². The van der Waals surface area contributed by atoms with Gasteiger partial charge in [0.15, 0.2) is 0 Å². The maximum Gasteiger partial charge on any atom is 0.125 e. The van der Waals surface area contributed by atoms with Crippen molar-refractivity contribution < 1.29 is 14.6 Å². The topological polar surface area (TPSA) is 41.9 Å². The molecule has 0 saturated carbocycles. The number of benzene rings is 1. The van der Waals surface area contributed by atoms with Gasteiger partial charge in [-0.25, -0.2) is 0 Å². The number of aliphatic hydroxyl groups is 1. The number of aliphatic hydroxyl groups excluding tert-OH is 1. The van der Waals surface area contributed by atoms with E-state index in [9.17, 15) is 5.11 Å². The zero-order valence-electron chi connectivity index (χ0n) is 12.7. The maximum atomic E-state index is 10.1. The Kier molecular flexibility index (Phi) is 5.40. The lowest BCUT2D eigenvalue weighted by Crippen LogP contribution is -2.42. The van der Waals surface area contributed by atoms with Crippen LogP contribution in [0.25, 0.3) is 0 Å². The van der Waals surface area contributed by atoms with Crippen molar-refractivity contribution in [2.45, 2.75) is 26.9 Å². The number of ether oxygens (including phenoxy) is 2. The Morgan fingerprint density at radius 2 is 1.85 bits per heavy atom. The van der Waals surface area contributed by atoms with Crippen molar-refractivity contribution in [1.29, 1.82) is 0 Å². The molecule has 1 fully saturated rings. The molecule has 0 aromatic heterocycles. The van der Waals surface area contributed by atoms with Crippen LogP contribution in [0, 0.1) is 20.8 Å². The number of hydrogen-bond acceptors (Lipinski definition) is 4. The van der Waals surface area contributed by atoms with Crippen molar-refractivity contribution >= 4 is 0 Å². The Labute approximate surface area is 121 Å². The van der Waals surface area contributed by atoms with Gasteiger partial charge in [-0.3, -0.25) is 4.90 Å². The Balaban J connectivity index is 1.86. The van der Waals surface area contributed by atoms with Crippen molar-refractivity contribution in [2.75, 3.05) is 39.5 Å². The zero-order valence-corrected chi connectivity index (χ0v) is 12.7. The van der Waals surface area contributed by atoms with E-state index in [4.69, 9.17) is 9.47 Å². The first-order valence-electron chi connectivity index (χ1n) is 7.25. The van der Waals surface area contributed by atoms with Gasteiger partial charge in [0.1, 0.15) is 18.5 Å². The highest BCUT2D eigenvalue weighted by Gasteiger charge is 2.16. The number of morpholine rings is 1. The van der Waals surface area contributed by atoms with Crippen molar-refractivity contribution in [3.63, 3.8) is 0 Å². The lowest BCUT2D eigenvalue weighted by Gasteiger charge is -2.28. The average molecular weight is 279 g/mol. The van der Waals surface area contributed by atoms with Crippen LogP contribution >= 0.6 is 0 Å². The largest absolute Gasteiger partial charge is 0.490 e. The lowest BCUT2D eigenvalue weighted by atomic mass is 10.1. The smallest absolute Gasteiger partial charge is 0.125 e. The second-order valence-electron chi connectivity index (χ2n) is 5.53. The van der Waals surface area contributed by atoms with Gasteiger partial charge in [0, 0.05) is 19.6 Å². The van der Waals surface area contributed by atoms with Crippen LogP contribution in [0.3, 0.4) is 0 Å². The molecule has 1 saturated heterocycles. The van der Waals surface area contributed by atoms with Gasteiger partial charge in [-0.05, 0) is 37.5 Å². The van der Waals surface area contributed by atoms with Gasteiger partial charge in [-0.1, -0.05) is 12.1 Å². The summed E-state index contributed by atoms with van der Waals surface area (Å²) in [4.78, 5) is 2.22. The number of aryl methyl sites for hydroxylation is 2. The summed E-state index contributed by atoms with van der Waals surface area (Å²) in [5.41, 5.74) is 3.49. The Morgan fingerprint density at radius 3 is 2.55 bits per heavy atom. The summed E-state index contributed by atoms with van der Waals surface area (Å²) in [5, 5.41) is 10.1. The summed E-state index contributed by atoms with van der Waals surface area (Å²) in [5.74, 6) is 0.908. The van der Waals surface area contributed by atoms with Gasteiger partial charge in [-0.2, -0.15) is 0 Å². The molecule has 1 heterocycles. The third-order valence-electron chi connectivity index (χ3n) is 3.87. The number of β-amino-alcohol motifs (C(OH)–C–C–N with tert-alkyl or cyclic N) is 1. The van der Waals surface area contributed by atoms with Crippen molar-refractivity contribution in [2.24, 2.45) is 0 Å². The van der Waals surface area contributed by atoms with Gasteiger partial charge in [0.25, 0.3) is 0 Å². The Hall–Kier alpha value is -1.10. The van der Waals surface area contributed by atoms with E-state index in [1.54, 1.807) is 0 Å². The summed E-state index contributed by atoms with van der Waals surface area (Å²) < 4.78 is 11.1. The summed E-state index contributed by atoms with van der Waals surface area (Å²) in [7, 11) is 0. The van der Waals surface area contributed by atoms with E-state index in [1.807, 2.05) is 6.92 Å². The second-order valence-corrected chi connectivity index (χ2v) is 5.53. The molecule has 0 spiro atoms. The standard InChI is InChI=1S/C16H25NO3/c1-12-4-5-13(2)16(14(12)3)20-11-15(18)10-17-6-8-19-9-7-17/h4-5,15,18H,6-11H2,1-3H3/t15-/m1/s1. The maximum absolute atomic E-state index is 10.1. The summed E-state index contributed by atoms with van der Waals surface area (Å²) in [6, 6.07) is 4.16. The van der Waals surface area contributed by atoms with E-state index in [0.717, 1.165) is 43.2 Å². The molecule has 2 rings (SSSR count). The zero-order chi connectivity index (χ0) is 14.5. The highest BCUT2D eigenvalue weighted by molar-refractivity contribution is 5.44. The van der Waals surface area contributed by atoms with Crippen LogP contribution in [0.15, 0.2) is 12.1 Å². The number of hydrogen-bond donors (Lipinski definition) is 1. The molecule has 20 heavy (non-hydrogen) atoms. The molecule has 1 N–H and O–H groups in total. The number of rotatable bonds is 5. The van der Waals surface area contributed by atoms with Crippen LogP contribution in [0.4, 0.5) is 0 Å². The fourth-order valence-corrected chi connectivity index (χ4v) is 2.46. The average Bonchev–Trinajstić information content (AvgIpc) is 2.44. The molecule has 1 aromatic rings. The van der Waals surface area contributed by atoms with E-state index >= 15 is 0 Å². The van der Waals surface area contributed by atoms with Crippen LogP contribution in [0.1, 0.15) is 16.7 Å². The molecule has 112 valence electrons. The fourth-order valence-electron chi connectivity index (χ4n) is 2.46. The van der Waals surface area contributed by atoms with E-state index in [-0.39, 0.29) is 0 Å². The normalized spacial score (nSPS) is 18.0. The fraction of sp³-hybridized carbons (Fsp3) is 0.625. The third-order valence-corrected chi connectivity index (χ3v) is 3.87. The molecule has 0 radical (unpaired) electrons. The predicted octanol–water partition coefficient (Wildman–Crippen LogP) is 1.68. The van der Waals surface area contributed by atoms with Gasteiger partial charge in [-0.15, -0.1) is 0 Å². The van der Waals surface area contributed by atoms with E-state index < -0.39 is 6.10 Å². The molecule has 0 amide bonds. The van der Waals surface area contributed by atoms with Crippen LogP contribution in [-0.4, -0.2) is 55.6 Å². The van der Waals surface area contributed by atoms with Crippen molar-refractivity contribution in [1.82, 2.24) is 4.90 Å². The summed E-state index contributed by atoms with van der Waals surface area (Å²) in [6.45, 7) is 10.4. The molecule has 4 heteroatoms. The summed E-state index contributed by atoms with van der Waals surface area (Å²) >= 11 is 0. The molecular formula is C16H25NO3. The molecule has 0 unspecified atom stereocenters. The lowest BCUT2D eigenvalue weighted by molar-refractivity contribution is 0.00454. The van der Waals surface area contributed by atoms with Gasteiger partial charge in [0.2, 0.25) is 0 Å². The minimum Gasteiger partial charge on any atom is -0.490 e. The first-order valence-corrected chi connectivity index (χ1v) is 7.25. The molecular weight excluding hydrogens is 254 g/mol. The van der Waals surface area contributed by atoms with Crippen molar-refractivity contribution in [3.8, 4) is 5.75 Å². The number of nitrogens with zero attached hydrogens (tertiary/aromatic N) is 1. The molecule has 0 bridgehead atoms. The second kappa shape index (κ2) is 7.07. The molecule has 1 atom stereocenters. The van der Waals surface area contributed by atoms with E-state index in [0.29, 0.717) is 13.2 Å². The highest BCUT2D eigenvalue weighted by atomic mass is 16.5. The highest BCUT2D eigenvalue weighted by Crippen LogP contribution is 2.25. The Morgan fingerprint density at radius 1 is 1.20 bits per heavy atom. The quantitative estimate of drug-likeness (QED) is 0.890. The van der Waals surface area contributed by atoms with E-state index in [2.05, 4.69) is 30.9 Å². The van der Waals surface area contributed by atoms with Gasteiger partial charge >= 0.3 is 0 Å². The minimum absolute atomic E-state index is 0.336. The third kappa shape index (κ3) is 3.95. The van der Waals surface area contributed by atoms with Crippen LogP contribution < -0.4 is 4.74 Å². The van der Waals surface area contributed by atoms with Crippen molar-refractivity contribution in [3.05, 3.63) is 28.8 Å². The van der Waals surface area contributed by atoms with E-state index in [1.165, 1.54) is 5.56 Å². The molecule has 0 aliphatic carbocycles. The van der Waals surface area contributed by atoms with Crippen LogP contribution in [0.5, 0.6) is 5.75 Å². The van der Waals surface area contributed by atoms with Gasteiger partial charge in [0.05, 0.1) is 13.2 Å². The monoisotopic (exact) mass is 279 g/mol. The summed E-state index contributed by atoms with van der Waals surface area (Å²) in [6.07, 6.45) is -0.465. The molecule has 1 aliphatic rings. The Bertz CT molecular complexity index is 442. The first kappa shape index (κ1) is 15.3. The molecule has 1 aliphatic heterocycles. The predicted molar refractivity (Wildman–Crippen MR) is 79.4 cm³/mol. The minimum atomic E-state index is -0.465. The van der Waals surface area contributed by atoms with Crippen LogP contribution in [-0.2, 0) is 4.74 Å². The van der Waals surface area contributed by atoms with Crippen LogP contribution in [0.2, 0.25) is 0 Å². The molecule has 4 nitrogen and oxygen atoms in total. The SMILES string of the molecule is Cc1ccc(C)c(OC[C@H](O)CN2CCOCC2)c1C. The molecule has 1 aromatic carbocycles. The first-order chi connectivity index (χ1) is 9.58.